The number of rotatable bonds is 8. The Morgan fingerprint density at radius 2 is 1.65 bits per heavy atom. The van der Waals surface area contributed by atoms with Gasteiger partial charge in [-0.25, -0.2) is 0 Å². The molecule has 0 saturated heterocycles. The van der Waals surface area contributed by atoms with Crippen molar-refractivity contribution in [1.29, 1.82) is 0 Å². The Morgan fingerprint density at radius 1 is 1.05 bits per heavy atom. The van der Waals surface area contributed by atoms with Crippen LogP contribution in [-0.2, 0) is 17.9 Å². The summed E-state index contributed by atoms with van der Waals surface area (Å²) in [6.07, 6.45) is 4.93. The Labute approximate surface area is 117 Å². The number of carbonyl (C=O) groups is 1. The monoisotopic (exact) mass is 277 g/mol. The molecule has 0 aliphatic heterocycles. The zero-order valence-corrected chi connectivity index (χ0v) is 11.3. The van der Waals surface area contributed by atoms with E-state index < -0.39 is 0 Å². The van der Waals surface area contributed by atoms with E-state index in [1.165, 1.54) is 0 Å². The van der Waals surface area contributed by atoms with Gasteiger partial charge in [0.1, 0.15) is 11.5 Å². The molecule has 108 valence electrons. The molecular weight excluding hydrogens is 258 g/mol. The van der Waals surface area contributed by atoms with Gasteiger partial charge in [0.05, 0.1) is 25.6 Å². The second kappa shape index (κ2) is 7.55. The highest BCUT2D eigenvalue weighted by Gasteiger charge is 2.16. The normalized spacial score (nSPS) is 10.7. The van der Waals surface area contributed by atoms with Gasteiger partial charge in [-0.1, -0.05) is 0 Å². The fraction of sp³-hybridized carbons (Fsp3) is 0.400. The van der Waals surface area contributed by atoms with Crippen molar-refractivity contribution < 1.29 is 18.7 Å². The molecule has 0 unspecified atom stereocenters. The van der Waals surface area contributed by atoms with Crippen LogP contribution in [0.15, 0.2) is 45.6 Å². The van der Waals surface area contributed by atoms with E-state index in [4.69, 9.17) is 13.9 Å². The molecule has 5 heteroatoms. The first-order valence-electron chi connectivity index (χ1n) is 6.73. The van der Waals surface area contributed by atoms with Crippen molar-refractivity contribution in [2.45, 2.75) is 32.4 Å². The van der Waals surface area contributed by atoms with Crippen LogP contribution in [0, 0.1) is 0 Å². The average molecular weight is 277 g/mol. The van der Waals surface area contributed by atoms with Gasteiger partial charge >= 0.3 is 0 Å². The minimum absolute atomic E-state index is 0.0336. The van der Waals surface area contributed by atoms with Crippen molar-refractivity contribution in [2.75, 3.05) is 6.61 Å². The Hall–Kier alpha value is -2.01. The van der Waals surface area contributed by atoms with Crippen LogP contribution in [0.5, 0.6) is 0 Å². The highest BCUT2D eigenvalue weighted by Crippen LogP contribution is 2.13. The fourth-order valence-corrected chi connectivity index (χ4v) is 1.96. The molecule has 2 aromatic rings. The summed E-state index contributed by atoms with van der Waals surface area (Å²) in [5.74, 6) is 1.52. The zero-order chi connectivity index (χ0) is 14.2. The van der Waals surface area contributed by atoms with Gasteiger partial charge in [-0.2, -0.15) is 0 Å². The van der Waals surface area contributed by atoms with Crippen molar-refractivity contribution in [1.82, 2.24) is 4.90 Å². The first-order valence-corrected chi connectivity index (χ1v) is 6.73. The summed E-state index contributed by atoms with van der Waals surface area (Å²) in [5.41, 5.74) is 0. The Balaban J connectivity index is 1.97. The van der Waals surface area contributed by atoms with Crippen LogP contribution in [0.2, 0.25) is 0 Å². The first kappa shape index (κ1) is 14.4. The van der Waals surface area contributed by atoms with Crippen LogP contribution >= 0.6 is 0 Å². The standard InChI is InChI=1S/C15H19NO4/c17-8-2-1-7-15(18)16(11-13-5-3-9-19-13)12-14-6-4-10-20-14/h3-6,9-10,17H,1-2,7-8,11-12H2. The SMILES string of the molecule is O=C(CCCCO)N(Cc1ccco1)Cc1ccco1. The molecule has 0 fully saturated rings. The number of carbonyl (C=O) groups excluding carboxylic acids is 1. The number of hydrogen-bond donors (Lipinski definition) is 1. The molecule has 0 radical (unpaired) electrons. The Kier molecular flexibility index (Phi) is 5.43. The summed E-state index contributed by atoms with van der Waals surface area (Å²) in [6.45, 7) is 0.959. The van der Waals surface area contributed by atoms with Gasteiger partial charge < -0.3 is 18.8 Å². The minimum Gasteiger partial charge on any atom is -0.467 e. The van der Waals surface area contributed by atoms with E-state index in [9.17, 15) is 4.79 Å². The van der Waals surface area contributed by atoms with Gasteiger partial charge in [0.25, 0.3) is 0 Å². The molecule has 1 amide bonds. The molecule has 5 nitrogen and oxygen atoms in total. The maximum atomic E-state index is 12.2. The number of aliphatic hydroxyl groups is 1. The molecule has 20 heavy (non-hydrogen) atoms. The maximum absolute atomic E-state index is 12.2. The van der Waals surface area contributed by atoms with Crippen LogP contribution in [0.1, 0.15) is 30.8 Å². The molecule has 0 aliphatic carbocycles. The van der Waals surface area contributed by atoms with Crippen molar-refractivity contribution in [2.24, 2.45) is 0 Å². The van der Waals surface area contributed by atoms with Crippen molar-refractivity contribution in [3.8, 4) is 0 Å². The van der Waals surface area contributed by atoms with Crippen molar-refractivity contribution in [3.63, 3.8) is 0 Å². The molecular formula is C15H19NO4. The van der Waals surface area contributed by atoms with Crippen LogP contribution in [0.3, 0.4) is 0 Å². The lowest BCUT2D eigenvalue weighted by atomic mass is 10.2. The number of hydrogen-bond acceptors (Lipinski definition) is 4. The number of nitrogens with zero attached hydrogens (tertiary/aromatic N) is 1. The number of unbranched alkanes of at least 4 members (excludes halogenated alkanes) is 1. The lowest BCUT2D eigenvalue weighted by Crippen LogP contribution is -2.29. The smallest absolute Gasteiger partial charge is 0.223 e. The van der Waals surface area contributed by atoms with Crippen molar-refractivity contribution in [3.05, 3.63) is 48.3 Å². The molecule has 0 atom stereocenters. The van der Waals surface area contributed by atoms with Gasteiger partial charge in [0.15, 0.2) is 0 Å². The van der Waals surface area contributed by atoms with E-state index in [-0.39, 0.29) is 12.5 Å². The second-order valence-electron chi connectivity index (χ2n) is 4.59. The maximum Gasteiger partial charge on any atom is 0.223 e. The van der Waals surface area contributed by atoms with Crippen LogP contribution in [-0.4, -0.2) is 22.5 Å². The van der Waals surface area contributed by atoms with Gasteiger partial charge in [-0.3, -0.25) is 4.79 Å². The zero-order valence-electron chi connectivity index (χ0n) is 11.3. The van der Waals surface area contributed by atoms with E-state index in [0.29, 0.717) is 32.4 Å². The number of aliphatic hydroxyl groups excluding tert-OH is 1. The van der Waals surface area contributed by atoms with Gasteiger partial charge in [0.2, 0.25) is 5.91 Å². The predicted octanol–water partition coefficient (Wildman–Crippen LogP) is 2.56. The summed E-state index contributed by atoms with van der Waals surface area (Å²) >= 11 is 0. The van der Waals surface area contributed by atoms with E-state index in [0.717, 1.165) is 11.5 Å². The third-order valence-electron chi connectivity index (χ3n) is 3.01. The van der Waals surface area contributed by atoms with E-state index in [2.05, 4.69) is 0 Å². The largest absolute Gasteiger partial charge is 0.467 e. The molecule has 0 aromatic carbocycles. The highest BCUT2D eigenvalue weighted by molar-refractivity contribution is 5.76. The quantitative estimate of drug-likeness (QED) is 0.753. The highest BCUT2D eigenvalue weighted by atomic mass is 16.3. The summed E-state index contributed by atoms with van der Waals surface area (Å²) in [4.78, 5) is 13.9. The van der Waals surface area contributed by atoms with E-state index in [1.54, 1.807) is 29.6 Å². The lowest BCUT2D eigenvalue weighted by Gasteiger charge is -2.20. The number of amides is 1. The molecule has 2 aromatic heterocycles. The summed E-state index contributed by atoms with van der Waals surface area (Å²) in [7, 11) is 0. The molecule has 0 spiro atoms. The summed E-state index contributed by atoms with van der Waals surface area (Å²) < 4.78 is 10.6. The fourth-order valence-electron chi connectivity index (χ4n) is 1.96. The van der Waals surface area contributed by atoms with Gasteiger partial charge in [-0.15, -0.1) is 0 Å². The summed E-state index contributed by atoms with van der Waals surface area (Å²) in [5, 5.41) is 8.78. The lowest BCUT2D eigenvalue weighted by molar-refractivity contribution is -0.133. The van der Waals surface area contributed by atoms with E-state index in [1.807, 2.05) is 12.1 Å². The minimum atomic E-state index is 0.0336. The van der Waals surface area contributed by atoms with Crippen LogP contribution < -0.4 is 0 Å². The third-order valence-corrected chi connectivity index (χ3v) is 3.01. The van der Waals surface area contributed by atoms with Crippen LogP contribution in [0.4, 0.5) is 0 Å². The Morgan fingerprint density at radius 3 is 2.10 bits per heavy atom. The predicted molar refractivity (Wildman–Crippen MR) is 72.6 cm³/mol. The van der Waals surface area contributed by atoms with Gasteiger partial charge in [-0.05, 0) is 37.1 Å². The van der Waals surface area contributed by atoms with Gasteiger partial charge in [0, 0.05) is 13.0 Å². The first-order chi connectivity index (χ1) is 9.79. The molecule has 0 bridgehead atoms. The molecule has 0 saturated carbocycles. The van der Waals surface area contributed by atoms with Crippen molar-refractivity contribution >= 4 is 5.91 Å². The molecule has 2 heterocycles. The third kappa shape index (κ3) is 4.28. The van der Waals surface area contributed by atoms with E-state index >= 15 is 0 Å². The topological polar surface area (TPSA) is 66.8 Å². The molecule has 2 rings (SSSR count). The molecule has 0 aliphatic rings. The molecule has 1 N–H and O–H groups in total. The number of furan rings is 2. The summed E-state index contributed by atoms with van der Waals surface area (Å²) in [6, 6.07) is 7.29. The van der Waals surface area contributed by atoms with Crippen LogP contribution in [0.25, 0.3) is 0 Å². The second-order valence-corrected chi connectivity index (χ2v) is 4.59. The Bertz CT molecular complexity index is 454. The average Bonchev–Trinajstić information content (AvgIpc) is 3.11.